The second-order valence-electron chi connectivity index (χ2n) is 6.84. The molecule has 7 nitrogen and oxygen atoms in total. The molecule has 0 spiro atoms. The number of rotatable bonds is 9. The summed E-state index contributed by atoms with van der Waals surface area (Å²) in [5, 5.41) is 20.6. The first-order chi connectivity index (χ1) is 9.70. The lowest BCUT2D eigenvalue weighted by Crippen LogP contribution is -2.25. The zero-order valence-corrected chi connectivity index (χ0v) is 14.5. The van der Waals surface area contributed by atoms with Gasteiger partial charge in [-0.3, -0.25) is 4.79 Å². The van der Waals surface area contributed by atoms with E-state index in [4.69, 9.17) is 4.74 Å². The Bertz CT molecular complexity index is 457. The number of ether oxygens (including phenoxy) is 1. The molecule has 0 bridgehead atoms. The molecular formula is C13H26N4O3Si. The van der Waals surface area contributed by atoms with Crippen molar-refractivity contribution in [3.8, 4) is 0 Å². The van der Waals surface area contributed by atoms with E-state index in [0.717, 1.165) is 6.04 Å². The van der Waals surface area contributed by atoms with E-state index in [0.29, 0.717) is 18.9 Å². The second-order valence-corrected chi connectivity index (χ2v) is 12.5. The highest BCUT2D eigenvalue weighted by atomic mass is 28.3. The Balaban J connectivity index is 2.55. The molecule has 1 heterocycles. The van der Waals surface area contributed by atoms with Gasteiger partial charge in [0.1, 0.15) is 6.73 Å². The molecule has 8 heteroatoms. The fourth-order valence-corrected chi connectivity index (χ4v) is 2.56. The van der Waals surface area contributed by atoms with Crippen LogP contribution >= 0.6 is 0 Å². The van der Waals surface area contributed by atoms with Crippen LogP contribution in [-0.2, 0) is 22.7 Å². The molecule has 0 saturated carbocycles. The van der Waals surface area contributed by atoms with Gasteiger partial charge in [-0.1, -0.05) is 33.5 Å². The van der Waals surface area contributed by atoms with Crippen molar-refractivity contribution in [2.24, 2.45) is 11.8 Å². The molecule has 0 aliphatic rings. The summed E-state index contributed by atoms with van der Waals surface area (Å²) in [6.07, 6.45) is 0.317. The number of nitrogens with zero attached hydrogens (tertiary/aromatic N) is 4. The molecule has 0 saturated heterocycles. The quantitative estimate of drug-likeness (QED) is 0.553. The fraction of sp³-hybridized carbons (Fsp3) is 0.846. The number of carbonyl (C=O) groups is 1. The smallest absolute Gasteiger partial charge is 0.307 e. The van der Waals surface area contributed by atoms with E-state index in [-0.39, 0.29) is 12.6 Å². The summed E-state index contributed by atoms with van der Waals surface area (Å²) in [6.45, 7) is 11.6. The summed E-state index contributed by atoms with van der Waals surface area (Å²) in [5.74, 6) is -0.722. The molecule has 0 radical (unpaired) electrons. The lowest BCUT2D eigenvalue weighted by molar-refractivity contribution is -0.143. The molecule has 0 aliphatic heterocycles. The summed E-state index contributed by atoms with van der Waals surface area (Å²) >= 11 is 0. The highest BCUT2D eigenvalue weighted by Gasteiger charge is 2.24. The number of hydrogen-bond acceptors (Lipinski definition) is 5. The lowest BCUT2D eigenvalue weighted by atomic mass is 9.92. The third-order valence-corrected chi connectivity index (χ3v) is 5.04. The molecule has 0 fully saturated rings. The topological polar surface area (TPSA) is 90.1 Å². The van der Waals surface area contributed by atoms with Gasteiger partial charge in [0.05, 0.1) is 5.92 Å². The van der Waals surface area contributed by atoms with Crippen molar-refractivity contribution in [3.63, 3.8) is 0 Å². The van der Waals surface area contributed by atoms with Gasteiger partial charge in [-0.25, -0.2) is 4.68 Å². The van der Waals surface area contributed by atoms with E-state index in [9.17, 15) is 9.90 Å². The van der Waals surface area contributed by atoms with Crippen LogP contribution in [0.4, 0.5) is 0 Å². The average Bonchev–Trinajstić information content (AvgIpc) is 2.77. The molecule has 120 valence electrons. The van der Waals surface area contributed by atoms with E-state index in [1.807, 2.05) is 13.8 Å². The van der Waals surface area contributed by atoms with Crippen molar-refractivity contribution in [2.45, 2.75) is 52.7 Å². The molecule has 1 aromatic heterocycles. The van der Waals surface area contributed by atoms with Crippen LogP contribution in [0.1, 0.15) is 19.7 Å². The predicted molar refractivity (Wildman–Crippen MR) is 81.6 cm³/mol. The highest BCUT2D eigenvalue weighted by Crippen LogP contribution is 2.16. The summed E-state index contributed by atoms with van der Waals surface area (Å²) in [4.78, 5) is 11.2. The zero-order chi connectivity index (χ0) is 16.0. The van der Waals surface area contributed by atoms with E-state index in [1.165, 1.54) is 0 Å². The Labute approximate surface area is 126 Å². The molecule has 0 amide bonds. The van der Waals surface area contributed by atoms with Crippen molar-refractivity contribution in [3.05, 3.63) is 5.82 Å². The minimum atomic E-state index is -1.11. The maximum absolute atomic E-state index is 11.2. The van der Waals surface area contributed by atoms with Gasteiger partial charge in [-0.15, -0.1) is 5.10 Å². The molecular weight excluding hydrogens is 288 g/mol. The molecule has 1 unspecified atom stereocenters. The molecule has 1 aromatic rings. The number of aliphatic carboxylic acids is 1. The average molecular weight is 314 g/mol. The summed E-state index contributed by atoms with van der Waals surface area (Å²) < 4.78 is 7.15. The number of carboxylic acid groups (broad SMARTS) is 1. The maximum atomic E-state index is 11.2. The van der Waals surface area contributed by atoms with Crippen molar-refractivity contribution in [1.82, 2.24) is 20.2 Å². The third kappa shape index (κ3) is 6.34. The predicted octanol–water partition coefficient (Wildman–Crippen LogP) is 1.88. The highest BCUT2D eigenvalue weighted by molar-refractivity contribution is 6.76. The number of tetrazole rings is 1. The third-order valence-electron chi connectivity index (χ3n) is 3.34. The van der Waals surface area contributed by atoms with Gasteiger partial charge in [0.15, 0.2) is 5.82 Å². The van der Waals surface area contributed by atoms with Crippen molar-refractivity contribution in [2.75, 3.05) is 6.61 Å². The first kappa shape index (κ1) is 17.8. The van der Waals surface area contributed by atoms with E-state index in [2.05, 4.69) is 35.2 Å². The Kier molecular flexibility index (Phi) is 6.47. The zero-order valence-electron chi connectivity index (χ0n) is 13.5. The van der Waals surface area contributed by atoms with Crippen LogP contribution in [0.2, 0.25) is 25.7 Å². The maximum Gasteiger partial charge on any atom is 0.307 e. The van der Waals surface area contributed by atoms with Crippen LogP contribution in [0.25, 0.3) is 0 Å². The number of carboxylic acids is 1. The van der Waals surface area contributed by atoms with Crippen LogP contribution in [0, 0.1) is 11.8 Å². The van der Waals surface area contributed by atoms with Crippen molar-refractivity contribution < 1.29 is 14.6 Å². The summed E-state index contributed by atoms with van der Waals surface area (Å²) in [5.41, 5.74) is 0. The monoisotopic (exact) mass is 314 g/mol. The van der Waals surface area contributed by atoms with Gasteiger partial charge < -0.3 is 9.84 Å². The van der Waals surface area contributed by atoms with Crippen LogP contribution in [0.5, 0.6) is 0 Å². The Morgan fingerprint density at radius 1 is 1.38 bits per heavy atom. The summed E-state index contributed by atoms with van der Waals surface area (Å²) in [7, 11) is -1.11. The van der Waals surface area contributed by atoms with Gasteiger partial charge in [0.25, 0.3) is 0 Å². The van der Waals surface area contributed by atoms with Crippen LogP contribution in [0.15, 0.2) is 0 Å². The van der Waals surface area contributed by atoms with Gasteiger partial charge in [0, 0.05) is 21.1 Å². The second kappa shape index (κ2) is 7.65. The van der Waals surface area contributed by atoms with E-state index in [1.54, 1.807) is 4.68 Å². The molecule has 21 heavy (non-hydrogen) atoms. The van der Waals surface area contributed by atoms with Gasteiger partial charge in [-0.2, -0.15) is 0 Å². The first-order valence-electron chi connectivity index (χ1n) is 7.26. The van der Waals surface area contributed by atoms with Gasteiger partial charge in [0.2, 0.25) is 0 Å². The number of aromatic nitrogens is 4. The molecule has 1 rings (SSSR count). The molecule has 1 N–H and O–H groups in total. The molecule has 0 aromatic carbocycles. The van der Waals surface area contributed by atoms with Crippen LogP contribution in [0.3, 0.4) is 0 Å². The normalized spacial score (nSPS) is 13.6. The molecule has 0 aliphatic carbocycles. The largest absolute Gasteiger partial charge is 0.481 e. The SMILES string of the molecule is CC(C)C(Cc1nnnn1COCC[Si](C)(C)C)C(=O)O. The van der Waals surface area contributed by atoms with Crippen LogP contribution in [-0.4, -0.2) is 46.0 Å². The first-order valence-corrected chi connectivity index (χ1v) is 11.0. The number of hydrogen-bond donors (Lipinski definition) is 1. The Hall–Kier alpha value is -1.28. The minimum Gasteiger partial charge on any atom is -0.481 e. The van der Waals surface area contributed by atoms with Crippen molar-refractivity contribution >= 4 is 14.0 Å². The van der Waals surface area contributed by atoms with Crippen molar-refractivity contribution in [1.29, 1.82) is 0 Å². The fourth-order valence-electron chi connectivity index (χ4n) is 1.80. The van der Waals surface area contributed by atoms with E-state index >= 15 is 0 Å². The van der Waals surface area contributed by atoms with Gasteiger partial charge in [-0.05, 0) is 22.4 Å². The Morgan fingerprint density at radius 3 is 2.57 bits per heavy atom. The standard InChI is InChI=1S/C13H26N4O3Si/c1-10(2)11(13(18)19)8-12-14-15-16-17(12)9-20-6-7-21(3,4)5/h10-11H,6-9H2,1-5H3,(H,18,19). The minimum absolute atomic E-state index is 0.0282. The lowest BCUT2D eigenvalue weighted by Gasteiger charge is -2.17. The Morgan fingerprint density at radius 2 is 2.05 bits per heavy atom. The summed E-state index contributed by atoms with van der Waals surface area (Å²) in [6, 6.07) is 1.08. The van der Waals surface area contributed by atoms with Gasteiger partial charge >= 0.3 is 5.97 Å². The molecule has 1 atom stereocenters. The van der Waals surface area contributed by atoms with Crippen LogP contribution < -0.4 is 0 Å². The van der Waals surface area contributed by atoms with E-state index < -0.39 is 20.0 Å².